The van der Waals surface area contributed by atoms with E-state index in [1.54, 1.807) is 12.1 Å². The normalized spacial score (nSPS) is 21.1. The Morgan fingerprint density at radius 3 is 2.73 bits per heavy atom. The molecular formula is C18H22N2O2. The molecular weight excluding hydrogens is 276 g/mol. The highest BCUT2D eigenvalue weighted by Crippen LogP contribution is 2.28. The van der Waals surface area contributed by atoms with E-state index in [1.165, 1.54) is 11.6 Å². The van der Waals surface area contributed by atoms with E-state index in [9.17, 15) is 9.59 Å². The molecule has 0 bridgehead atoms. The smallest absolute Gasteiger partial charge is 0.271 e. The van der Waals surface area contributed by atoms with E-state index in [0.29, 0.717) is 12.1 Å². The van der Waals surface area contributed by atoms with Gasteiger partial charge in [-0.15, -0.1) is 13.2 Å². The SMILES string of the molecule is C=CC[C@H]1CC(C)=C[C@H](CC=C)N1C(=O)c1cccc(=O)[nH]1. The van der Waals surface area contributed by atoms with Crippen molar-refractivity contribution >= 4 is 5.91 Å². The van der Waals surface area contributed by atoms with Gasteiger partial charge in [0.25, 0.3) is 5.91 Å². The van der Waals surface area contributed by atoms with Crippen LogP contribution in [0.5, 0.6) is 0 Å². The third kappa shape index (κ3) is 3.45. The maximum atomic E-state index is 12.9. The largest absolute Gasteiger partial charge is 0.327 e. The Morgan fingerprint density at radius 1 is 1.36 bits per heavy atom. The molecule has 1 aliphatic heterocycles. The topological polar surface area (TPSA) is 53.2 Å². The van der Waals surface area contributed by atoms with E-state index in [-0.39, 0.29) is 23.6 Å². The number of nitrogens with zero attached hydrogens (tertiary/aromatic N) is 1. The molecule has 0 fully saturated rings. The molecule has 0 aromatic carbocycles. The monoisotopic (exact) mass is 298 g/mol. The standard InChI is InChI=1S/C18H22N2O2/c1-4-7-14-11-13(3)12-15(8-5-2)20(14)18(22)16-9-6-10-17(21)19-16/h4-6,9-11,14-15H,1-2,7-8,12H2,3H3,(H,19,21)/t14-,15-/m0/s1. The quantitative estimate of drug-likeness (QED) is 0.849. The molecule has 0 spiro atoms. The Labute approximate surface area is 130 Å². The molecule has 22 heavy (non-hydrogen) atoms. The van der Waals surface area contributed by atoms with E-state index in [2.05, 4.69) is 31.1 Å². The lowest BCUT2D eigenvalue weighted by molar-refractivity contribution is 0.0595. The first-order chi connectivity index (χ1) is 10.6. The van der Waals surface area contributed by atoms with Gasteiger partial charge in [-0.3, -0.25) is 9.59 Å². The second-order valence-electron chi connectivity index (χ2n) is 5.63. The summed E-state index contributed by atoms with van der Waals surface area (Å²) in [6, 6.07) is 4.67. The molecule has 0 aliphatic carbocycles. The summed E-state index contributed by atoms with van der Waals surface area (Å²) in [5.74, 6) is -0.153. The van der Waals surface area contributed by atoms with Crippen LogP contribution in [0.4, 0.5) is 0 Å². The first kappa shape index (κ1) is 16.0. The van der Waals surface area contributed by atoms with E-state index in [1.807, 2.05) is 17.1 Å². The molecule has 2 rings (SSSR count). The third-order valence-electron chi connectivity index (χ3n) is 3.87. The Morgan fingerprint density at radius 2 is 2.09 bits per heavy atom. The van der Waals surface area contributed by atoms with E-state index >= 15 is 0 Å². The van der Waals surface area contributed by atoms with Gasteiger partial charge in [-0.1, -0.05) is 29.9 Å². The average Bonchev–Trinajstić information content (AvgIpc) is 2.47. The average molecular weight is 298 g/mol. The van der Waals surface area contributed by atoms with Gasteiger partial charge in [-0.05, 0) is 32.3 Å². The zero-order valence-corrected chi connectivity index (χ0v) is 12.9. The second-order valence-corrected chi connectivity index (χ2v) is 5.63. The molecule has 0 saturated heterocycles. The van der Waals surface area contributed by atoms with Crippen molar-refractivity contribution in [2.75, 3.05) is 0 Å². The molecule has 0 unspecified atom stereocenters. The fourth-order valence-electron chi connectivity index (χ4n) is 2.99. The molecule has 2 heterocycles. The van der Waals surface area contributed by atoms with Gasteiger partial charge in [0.05, 0.1) is 6.04 Å². The van der Waals surface area contributed by atoms with Crippen molar-refractivity contribution in [3.63, 3.8) is 0 Å². The van der Waals surface area contributed by atoms with Crippen LogP contribution in [0, 0.1) is 0 Å². The lowest BCUT2D eigenvalue weighted by Gasteiger charge is -2.40. The van der Waals surface area contributed by atoms with Crippen molar-refractivity contribution in [2.45, 2.75) is 38.3 Å². The summed E-state index contributed by atoms with van der Waals surface area (Å²) >= 11 is 0. The number of pyridine rings is 1. The highest BCUT2D eigenvalue weighted by molar-refractivity contribution is 5.93. The van der Waals surface area contributed by atoms with Gasteiger partial charge in [-0.25, -0.2) is 0 Å². The van der Waals surface area contributed by atoms with Crippen molar-refractivity contribution < 1.29 is 4.79 Å². The Kier molecular flexibility index (Phi) is 5.15. The molecule has 1 aromatic rings. The van der Waals surface area contributed by atoms with Gasteiger partial charge in [0.2, 0.25) is 5.56 Å². The van der Waals surface area contributed by atoms with Gasteiger partial charge in [0.1, 0.15) is 5.69 Å². The molecule has 116 valence electrons. The van der Waals surface area contributed by atoms with Crippen LogP contribution in [0.1, 0.15) is 36.7 Å². The predicted octanol–water partition coefficient (Wildman–Crippen LogP) is 3.06. The molecule has 1 aliphatic rings. The molecule has 2 atom stereocenters. The van der Waals surface area contributed by atoms with Crippen LogP contribution < -0.4 is 5.56 Å². The first-order valence-corrected chi connectivity index (χ1v) is 7.48. The van der Waals surface area contributed by atoms with Crippen molar-refractivity contribution in [1.82, 2.24) is 9.88 Å². The number of rotatable bonds is 5. The Bertz CT molecular complexity index is 657. The number of hydrogen-bond donors (Lipinski definition) is 1. The second kappa shape index (κ2) is 7.07. The minimum Gasteiger partial charge on any atom is -0.327 e. The van der Waals surface area contributed by atoms with Crippen molar-refractivity contribution in [3.8, 4) is 0 Å². The fraction of sp³-hybridized carbons (Fsp3) is 0.333. The lowest BCUT2D eigenvalue weighted by Crippen LogP contribution is -2.49. The number of aromatic nitrogens is 1. The molecule has 4 heteroatoms. The van der Waals surface area contributed by atoms with E-state index in [4.69, 9.17) is 0 Å². The van der Waals surface area contributed by atoms with Crippen molar-refractivity contribution in [1.29, 1.82) is 0 Å². The van der Waals surface area contributed by atoms with Crippen LogP contribution in [0.3, 0.4) is 0 Å². The minimum atomic E-state index is -0.268. The summed E-state index contributed by atoms with van der Waals surface area (Å²) < 4.78 is 0. The van der Waals surface area contributed by atoms with Crippen LogP contribution in [-0.4, -0.2) is 27.9 Å². The summed E-state index contributed by atoms with van der Waals surface area (Å²) in [6.07, 6.45) is 8.00. The number of nitrogens with one attached hydrogen (secondary N) is 1. The van der Waals surface area contributed by atoms with Crippen molar-refractivity contribution in [2.24, 2.45) is 0 Å². The maximum absolute atomic E-state index is 12.9. The number of carbonyl (C=O) groups excluding carboxylic acids is 1. The lowest BCUT2D eigenvalue weighted by atomic mass is 9.92. The van der Waals surface area contributed by atoms with Crippen LogP contribution in [0.15, 0.2) is 60.0 Å². The van der Waals surface area contributed by atoms with Crippen LogP contribution >= 0.6 is 0 Å². The molecule has 1 N–H and O–H groups in total. The fourth-order valence-corrected chi connectivity index (χ4v) is 2.99. The van der Waals surface area contributed by atoms with Crippen LogP contribution in [0.25, 0.3) is 0 Å². The highest BCUT2D eigenvalue weighted by atomic mass is 16.2. The molecule has 0 saturated carbocycles. The molecule has 1 amide bonds. The van der Waals surface area contributed by atoms with E-state index < -0.39 is 0 Å². The third-order valence-corrected chi connectivity index (χ3v) is 3.87. The van der Waals surface area contributed by atoms with Gasteiger partial charge in [0, 0.05) is 12.1 Å². The molecule has 4 nitrogen and oxygen atoms in total. The Balaban J connectivity index is 2.40. The molecule has 1 aromatic heterocycles. The maximum Gasteiger partial charge on any atom is 0.271 e. The van der Waals surface area contributed by atoms with Gasteiger partial charge in [0.15, 0.2) is 0 Å². The number of carbonyl (C=O) groups is 1. The summed E-state index contributed by atoms with van der Waals surface area (Å²) in [6.45, 7) is 9.66. The number of hydrogen-bond acceptors (Lipinski definition) is 2. The van der Waals surface area contributed by atoms with Crippen LogP contribution in [0.2, 0.25) is 0 Å². The van der Waals surface area contributed by atoms with E-state index in [0.717, 1.165) is 12.8 Å². The minimum absolute atomic E-state index is 0.0348. The van der Waals surface area contributed by atoms with Crippen LogP contribution in [-0.2, 0) is 0 Å². The van der Waals surface area contributed by atoms with Crippen molar-refractivity contribution in [3.05, 3.63) is 71.2 Å². The predicted molar refractivity (Wildman–Crippen MR) is 88.8 cm³/mol. The number of amides is 1. The summed E-state index contributed by atoms with van der Waals surface area (Å²) in [7, 11) is 0. The molecule has 0 radical (unpaired) electrons. The zero-order valence-electron chi connectivity index (χ0n) is 12.9. The summed E-state index contributed by atoms with van der Waals surface area (Å²) in [4.78, 5) is 28.8. The Hall–Kier alpha value is -2.36. The van der Waals surface area contributed by atoms with Gasteiger partial charge >= 0.3 is 0 Å². The van der Waals surface area contributed by atoms with Gasteiger partial charge < -0.3 is 9.88 Å². The summed E-state index contributed by atoms with van der Waals surface area (Å²) in [5, 5.41) is 0. The zero-order chi connectivity index (χ0) is 16.1. The number of aromatic amines is 1. The number of H-pyrrole nitrogens is 1. The summed E-state index contributed by atoms with van der Waals surface area (Å²) in [5.41, 5.74) is 1.32. The van der Waals surface area contributed by atoms with Gasteiger partial charge in [-0.2, -0.15) is 0 Å². The highest BCUT2D eigenvalue weighted by Gasteiger charge is 2.32. The first-order valence-electron chi connectivity index (χ1n) is 7.48.